The van der Waals surface area contributed by atoms with Crippen LogP contribution in [-0.2, 0) is 9.53 Å². The summed E-state index contributed by atoms with van der Waals surface area (Å²) in [6.45, 7) is 2.37. The molecular formula is C11H14BrN3O4. The number of carbonyl (C=O) groups is 1. The van der Waals surface area contributed by atoms with Crippen LogP contribution in [0.1, 0.15) is 13.3 Å². The van der Waals surface area contributed by atoms with E-state index in [2.05, 4.69) is 20.9 Å². The number of hydrogen-bond donors (Lipinski definition) is 0. The molecule has 0 fully saturated rings. The van der Waals surface area contributed by atoms with Crippen LogP contribution < -0.4 is 4.90 Å². The van der Waals surface area contributed by atoms with E-state index >= 15 is 0 Å². The van der Waals surface area contributed by atoms with E-state index in [9.17, 15) is 14.9 Å². The predicted molar refractivity (Wildman–Crippen MR) is 73.1 cm³/mol. The van der Waals surface area contributed by atoms with Gasteiger partial charge in [-0.25, -0.2) is 0 Å². The monoisotopic (exact) mass is 331 g/mol. The van der Waals surface area contributed by atoms with E-state index in [0.29, 0.717) is 23.3 Å². The van der Waals surface area contributed by atoms with Crippen molar-refractivity contribution < 1.29 is 14.5 Å². The van der Waals surface area contributed by atoms with E-state index in [1.54, 1.807) is 18.9 Å². The summed E-state index contributed by atoms with van der Waals surface area (Å²) in [6.07, 6.45) is 2.82. The molecule has 0 radical (unpaired) electrons. The predicted octanol–water partition coefficient (Wildman–Crippen LogP) is 2.14. The molecule has 0 N–H and O–H groups in total. The van der Waals surface area contributed by atoms with Crippen LogP contribution >= 0.6 is 15.9 Å². The smallest absolute Gasteiger partial charge is 0.311 e. The minimum atomic E-state index is -0.506. The Hall–Kier alpha value is -1.70. The maximum atomic E-state index is 11.3. The quantitative estimate of drug-likeness (QED) is 0.451. The topological polar surface area (TPSA) is 85.6 Å². The van der Waals surface area contributed by atoms with E-state index in [-0.39, 0.29) is 18.1 Å². The Morgan fingerprint density at radius 2 is 2.26 bits per heavy atom. The Morgan fingerprint density at radius 1 is 1.58 bits per heavy atom. The molecule has 1 aromatic heterocycles. The van der Waals surface area contributed by atoms with Crippen LogP contribution in [0.2, 0.25) is 0 Å². The summed E-state index contributed by atoms with van der Waals surface area (Å²) in [6, 6.07) is 0. The second kappa shape index (κ2) is 7.03. The second-order valence-electron chi connectivity index (χ2n) is 3.72. The highest BCUT2D eigenvalue weighted by Gasteiger charge is 2.21. The maximum absolute atomic E-state index is 11.3. The molecule has 1 aromatic rings. The number of rotatable bonds is 6. The summed E-state index contributed by atoms with van der Waals surface area (Å²) in [5.41, 5.74) is 0.282. The van der Waals surface area contributed by atoms with Crippen LogP contribution in [-0.4, -0.2) is 36.1 Å². The number of carbonyl (C=O) groups excluding carboxylic acids is 1. The number of esters is 1. The lowest BCUT2D eigenvalue weighted by Gasteiger charge is -2.19. The van der Waals surface area contributed by atoms with Crippen molar-refractivity contribution in [3.8, 4) is 0 Å². The zero-order valence-corrected chi connectivity index (χ0v) is 12.2. The number of nitrogens with zero attached hydrogens (tertiary/aromatic N) is 3. The molecule has 19 heavy (non-hydrogen) atoms. The van der Waals surface area contributed by atoms with Gasteiger partial charge in [-0.3, -0.25) is 19.9 Å². The number of halogens is 1. The Morgan fingerprint density at radius 3 is 2.84 bits per heavy atom. The molecule has 0 aliphatic carbocycles. The highest BCUT2D eigenvalue weighted by Crippen LogP contribution is 2.33. The standard InChI is InChI=1S/C11H14BrN3O4/c1-3-19-10(16)4-5-14(2)11-8(12)6-13-7-9(11)15(17)18/h6-7H,3-5H2,1-2H3. The molecule has 0 unspecified atom stereocenters. The SMILES string of the molecule is CCOC(=O)CCN(C)c1c(Br)cncc1[N+](=O)[O-]. The zero-order chi connectivity index (χ0) is 14.4. The summed E-state index contributed by atoms with van der Waals surface area (Å²) < 4.78 is 5.32. The maximum Gasteiger partial charge on any atom is 0.311 e. The molecule has 0 amide bonds. The van der Waals surface area contributed by atoms with Crippen molar-refractivity contribution >= 4 is 33.3 Å². The van der Waals surface area contributed by atoms with Crippen LogP contribution in [0.15, 0.2) is 16.9 Å². The highest BCUT2D eigenvalue weighted by atomic mass is 79.9. The van der Waals surface area contributed by atoms with E-state index in [4.69, 9.17) is 4.74 Å². The fraction of sp³-hybridized carbons (Fsp3) is 0.455. The van der Waals surface area contributed by atoms with Crippen molar-refractivity contribution in [1.82, 2.24) is 4.98 Å². The second-order valence-corrected chi connectivity index (χ2v) is 4.58. The van der Waals surface area contributed by atoms with Crippen molar-refractivity contribution in [2.45, 2.75) is 13.3 Å². The van der Waals surface area contributed by atoms with Gasteiger partial charge in [-0.15, -0.1) is 0 Å². The normalized spacial score (nSPS) is 10.1. The Kier molecular flexibility index (Phi) is 5.68. The average molecular weight is 332 g/mol. The average Bonchev–Trinajstić information content (AvgIpc) is 2.36. The number of nitro groups is 1. The molecule has 0 bridgehead atoms. The molecular weight excluding hydrogens is 318 g/mol. The minimum Gasteiger partial charge on any atom is -0.466 e. The summed E-state index contributed by atoms with van der Waals surface area (Å²) in [5, 5.41) is 10.9. The lowest BCUT2D eigenvalue weighted by molar-refractivity contribution is -0.384. The summed E-state index contributed by atoms with van der Waals surface area (Å²) in [5.74, 6) is -0.331. The molecule has 1 heterocycles. The van der Waals surface area contributed by atoms with Crippen LogP contribution in [0, 0.1) is 10.1 Å². The van der Waals surface area contributed by atoms with Gasteiger partial charge in [0.1, 0.15) is 11.9 Å². The first-order valence-electron chi connectivity index (χ1n) is 5.62. The fourth-order valence-electron chi connectivity index (χ4n) is 1.53. The van der Waals surface area contributed by atoms with Gasteiger partial charge in [-0.1, -0.05) is 0 Å². The third-order valence-corrected chi connectivity index (χ3v) is 2.97. The van der Waals surface area contributed by atoms with Crippen molar-refractivity contribution in [2.24, 2.45) is 0 Å². The van der Waals surface area contributed by atoms with E-state index in [0.717, 1.165) is 0 Å². The van der Waals surface area contributed by atoms with Gasteiger partial charge in [0.05, 0.1) is 22.4 Å². The Labute approximate surface area is 118 Å². The summed E-state index contributed by atoms with van der Waals surface area (Å²) >= 11 is 3.23. The van der Waals surface area contributed by atoms with Crippen LogP contribution in [0.25, 0.3) is 0 Å². The van der Waals surface area contributed by atoms with E-state index < -0.39 is 4.92 Å². The van der Waals surface area contributed by atoms with E-state index in [1.807, 2.05) is 0 Å². The molecule has 104 valence electrons. The fourth-order valence-corrected chi connectivity index (χ4v) is 2.16. The van der Waals surface area contributed by atoms with Crippen molar-refractivity contribution in [3.63, 3.8) is 0 Å². The van der Waals surface area contributed by atoms with Gasteiger partial charge in [0.15, 0.2) is 0 Å². The summed E-state index contributed by atoms with van der Waals surface area (Å²) in [7, 11) is 1.67. The van der Waals surface area contributed by atoms with Crippen molar-refractivity contribution in [3.05, 3.63) is 27.0 Å². The number of ether oxygens (including phenoxy) is 1. The third kappa shape index (κ3) is 4.16. The van der Waals surface area contributed by atoms with E-state index in [1.165, 1.54) is 12.4 Å². The van der Waals surface area contributed by atoms with Gasteiger partial charge >= 0.3 is 11.7 Å². The molecule has 0 aliphatic heterocycles. The molecule has 0 saturated carbocycles. The molecule has 7 nitrogen and oxygen atoms in total. The van der Waals surface area contributed by atoms with Crippen molar-refractivity contribution in [2.75, 3.05) is 25.1 Å². The lowest BCUT2D eigenvalue weighted by Crippen LogP contribution is -2.23. The van der Waals surface area contributed by atoms with Crippen LogP contribution in [0.4, 0.5) is 11.4 Å². The molecule has 0 atom stereocenters. The van der Waals surface area contributed by atoms with Gasteiger partial charge in [0.25, 0.3) is 0 Å². The summed E-state index contributed by atoms with van der Waals surface area (Å²) in [4.78, 5) is 27.1. The van der Waals surface area contributed by atoms with Gasteiger partial charge < -0.3 is 9.64 Å². The van der Waals surface area contributed by atoms with Gasteiger partial charge in [0, 0.05) is 19.8 Å². The van der Waals surface area contributed by atoms with Gasteiger partial charge in [-0.05, 0) is 22.9 Å². The third-order valence-electron chi connectivity index (χ3n) is 2.39. The number of aromatic nitrogens is 1. The number of anilines is 1. The van der Waals surface area contributed by atoms with Crippen LogP contribution in [0.5, 0.6) is 0 Å². The Bertz CT molecular complexity index is 481. The molecule has 8 heteroatoms. The lowest BCUT2D eigenvalue weighted by atomic mass is 10.3. The Balaban J connectivity index is 2.84. The molecule has 0 spiro atoms. The van der Waals surface area contributed by atoms with Gasteiger partial charge in [0.2, 0.25) is 0 Å². The largest absolute Gasteiger partial charge is 0.466 e. The number of hydrogen-bond acceptors (Lipinski definition) is 6. The highest BCUT2D eigenvalue weighted by molar-refractivity contribution is 9.10. The zero-order valence-electron chi connectivity index (χ0n) is 10.6. The molecule has 0 aliphatic rings. The molecule has 0 aromatic carbocycles. The first kappa shape index (κ1) is 15.4. The minimum absolute atomic E-state index is 0.110. The van der Waals surface area contributed by atoms with Gasteiger partial charge in [-0.2, -0.15) is 0 Å². The first-order valence-corrected chi connectivity index (χ1v) is 6.41. The first-order chi connectivity index (χ1) is 8.97. The van der Waals surface area contributed by atoms with Crippen molar-refractivity contribution in [1.29, 1.82) is 0 Å². The van der Waals surface area contributed by atoms with Crippen LogP contribution in [0.3, 0.4) is 0 Å². The molecule has 1 rings (SSSR count). The number of pyridine rings is 1. The molecule has 0 saturated heterocycles.